The first kappa shape index (κ1) is 5.48. The van der Waals surface area contributed by atoms with E-state index in [2.05, 4.69) is 6.08 Å². The molecule has 0 spiro atoms. The van der Waals surface area contributed by atoms with Gasteiger partial charge in [-0.1, -0.05) is 11.6 Å². The Morgan fingerprint density at radius 1 is 1.56 bits per heavy atom. The van der Waals surface area contributed by atoms with Crippen molar-refractivity contribution in [3.63, 3.8) is 0 Å². The topological polar surface area (TPSA) is 9.23 Å². The van der Waals surface area contributed by atoms with Crippen LogP contribution in [0.3, 0.4) is 0 Å². The number of allylic oxidation sites excluding steroid dienone is 1. The predicted molar refractivity (Wildman–Crippen MR) is 36.2 cm³/mol. The van der Waals surface area contributed by atoms with Gasteiger partial charge in [0.15, 0.2) is 0 Å². The molecule has 1 atom stereocenters. The summed E-state index contributed by atoms with van der Waals surface area (Å²) in [5.74, 6) is 0.804. The van der Waals surface area contributed by atoms with Crippen molar-refractivity contribution < 1.29 is 4.74 Å². The summed E-state index contributed by atoms with van der Waals surface area (Å²) in [5.41, 5.74) is 1.67. The first-order chi connectivity index (χ1) is 4.47. The molecule has 2 rings (SSSR count). The molecule has 0 radical (unpaired) electrons. The van der Waals surface area contributed by atoms with Crippen molar-refractivity contribution in [2.45, 2.75) is 19.3 Å². The zero-order chi connectivity index (χ0) is 6.10. The molecule has 2 aliphatic rings. The van der Waals surface area contributed by atoms with Crippen molar-refractivity contribution in [1.29, 1.82) is 0 Å². The molecule has 0 aromatic carbocycles. The second-order valence-electron chi connectivity index (χ2n) is 2.88. The van der Waals surface area contributed by atoms with E-state index < -0.39 is 0 Å². The Balaban J connectivity index is 2.09. The van der Waals surface area contributed by atoms with Crippen molar-refractivity contribution in [3.05, 3.63) is 11.6 Å². The Kier molecular flexibility index (Phi) is 1.31. The van der Waals surface area contributed by atoms with E-state index in [0.29, 0.717) is 0 Å². The molecule has 1 saturated heterocycles. The summed E-state index contributed by atoms with van der Waals surface area (Å²) in [6, 6.07) is 0. The van der Waals surface area contributed by atoms with Crippen LogP contribution < -0.4 is 0 Å². The van der Waals surface area contributed by atoms with Gasteiger partial charge in [-0.05, 0) is 19.3 Å². The highest BCUT2D eigenvalue weighted by Gasteiger charge is 2.21. The maximum atomic E-state index is 5.34. The normalized spacial score (nSPS) is 33.8. The summed E-state index contributed by atoms with van der Waals surface area (Å²) < 4.78 is 5.34. The van der Waals surface area contributed by atoms with Gasteiger partial charge in [-0.15, -0.1) is 0 Å². The number of hydrogen-bond donors (Lipinski definition) is 0. The van der Waals surface area contributed by atoms with Crippen molar-refractivity contribution in [3.8, 4) is 0 Å². The Hall–Kier alpha value is -0.300. The third kappa shape index (κ3) is 0.897. The van der Waals surface area contributed by atoms with Gasteiger partial charge in [-0.2, -0.15) is 0 Å². The molecule has 0 saturated carbocycles. The molecule has 0 aromatic heterocycles. The van der Waals surface area contributed by atoms with E-state index in [1.165, 1.54) is 19.3 Å². The molecule has 0 bridgehead atoms. The van der Waals surface area contributed by atoms with Crippen molar-refractivity contribution in [2.24, 2.45) is 5.92 Å². The summed E-state index contributed by atoms with van der Waals surface area (Å²) in [7, 11) is 0. The Labute approximate surface area is 55.7 Å². The molecule has 0 amide bonds. The summed E-state index contributed by atoms with van der Waals surface area (Å²) in [4.78, 5) is 0. The van der Waals surface area contributed by atoms with Gasteiger partial charge in [0.05, 0.1) is 13.2 Å². The lowest BCUT2D eigenvalue weighted by Gasteiger charge is -2.20. The lowest BCUT2D eigenvalue weighted by molar-refractivity contribution is 0.0860. The van der Waals surface area contributed by atoms with Crippen LogP contribution in [0.1, 0.15) is 19.3 Å². The van der Waals surface area contributed by atoms with Gasteiger partial charge in [0.1, 0.15) is 0 Å². The standard InChI is InChI=1S/C8H12O/c1-2-7-4-5-9-6-8(7)3-1/h2,8H,1,3-6H2. The van der Waals surface area contributed by atoms with Crippen LogP contribution in [0.15, 0.2) is 11.6 Å². The van der Waals surface area contributed by atoms with Gasteiger partial charge >= 0.3 is 0 Å². The maximum absolute atomic E-state index is 5.34. The lowest BCUT2D eigenvalue weighted by atomic mass is 9.98. The molecule has 1 unspecified atom stereocenters. The maximum Gasteiger partial charge on any atom is 0.0531 e. The summed E-state index contributed by atoms with van der Waals surface area (Å²) in [6.07, 6.45) is 6.23. The first-order valence-corrected chi connectivity index (χ1v) is 3.73. The minimum Gasteiger partial charge on any atom is -0.380 e. The lowest BCUT2D eigenvalue weighted by Crippen LogP contribution is -2.16. The fourth-order valence-electron chi connectivity index (χ4n) is 1.73. The van der Waals surface area contributed by atoms with E-state index >= 15 is 0 Å². The summed E-state index contributed by atoms with van der Waals surface area (Å²) >= 11 is 0. The smallest absolute Gasteiger partial charge is 0.0531 e. The fraction of sp³-hybridized carbons (Fsp3) is 0.750. The van der Waals surface area contributed by atoms with Crippen LogP contribution in [0, 0.1) is 5.92 Å². The quantitative estimate of drug-likeness (QED) is 0.447. The number of rotatable bonds is 0. The average molecular weight is 124 g/mol. The van der Waals surface area contributed by atoms with Gasteiger partial charge in [0, 0.05) is 5.92 Å². The van der Waals surface area contributed by atoms with E-state index in [1.54, 1.807) is 5.57 Å². The Bertz CT molecular complexity index is 138. The van der Waals surface area contributed by atoms with E-state index in [9.17, 15) is 0 Å². The van der Waals surface area contributed by atoms with Gasteiger partial charge in [-0.25, -0.2) is 0 Å². The van der Waals surface area contributed by atoms with Crippen LogP contribution in [0.2, 0.25) is 0 Å². The van der Waals surface area contributed by atoms with Crippen molar-refractivity contribution in [2.75, 3.05) is 13.2 Å². The minimum atomic E-state index is 0.804. The molecule has 50 valence electrons. The van der Waals surface area contributed by atoms with E-state index in [4.69, 9.17) is 4.74 Å². The zero-order valence-corrected chi connectivity index (χ0v) is 5.60. The zero-order valence-electron chi connectivity index (χ0n) is 5.60. The molecular weight excluding hydrogens is 112 g/mol. The minimum absolute atomic E-state index is 0.804. The highest BCUT2D eigenvalue weighted by Crippen LogP contribution is 2.31. The van der Waals surface area contributed by atoms with E-state index in [1.807, 2.05) is 0 Å². The van der Waals surface area contributed by atoms with Gasteiger partial charge in [-0.3, -0.25) is 0 Å². The SMILES string of the molecule is C1=C2CCOCC2CC1. The van der Waals surface area contributed by atoms with Crippen LogP contribution in [-0.4, -0.2) is 13.2 Å². The van der Waals surface area contributed by atoms with Crippen molar-refractivity contribution >= 4 is 0 Å². The molecule has 0 N–H and O–H groups in total. The predicted octanol–water partition coefficient (Wildman–Crippen LogP) is 1.74. The van der Waals surface area contributed by atoms with Crippen LogP contribution in [0.4, 0.5) is 0 Å². The second-order valence-corrected chi connectivity index (χ2v) is 2.88. The van der Waals surface area contributed by atoms with Gasteiger partial charge in [0.25, 0.3) is 0 Å². The number of fused-ring (bicyclic) bond motifs is 1. The molecule has 1 heterocycles. The van der Waals surface area contributed by atoms with E-state index in [-0.39, 0.29) is 0 Å². The first-order valence-electron chi connectivity index (χ1n) is 3.73. The molecule has 1 nitrogen and oxygen atoms in total. The Morgan fingerprint density at radius 2 is 2.56 bits per heavy atom. The molecule has 1 aliphatic heterocycles. The number of hydrogen-bond acceptors (Lipinski definition) is 1. The third-order valence-electron chi connectivity index (χ3n) is 2.30. The largest absolute Gasteiger partial charge is 0.380 e. The monoisotopic (exact) mass is 124 g/mol. The van der Waals surface area contributed by atoms with Crippen LogP contribution in [0.25, 0.3) is 0 Å². The molecular formula is C8H12O. The van der Waals surface area contributed by atoms with Gasteiger partial charge in [0.2, 0.25) is 0 Å². The fourth-order valence-corrected chi connectivity index (χ4v) is 1.73. The van der Waals surface area contributed by atoms with Crippen LogP contribution >= 0.6 is 0 Å². The third-order valence-corrected chi connectivity index (χ3v) is 2.30. The number of ether oxygens (including phenoxy) is 1. The molecule has 1 heteroatoms. The molecule has 1 fully saturated rings. The summed E-state index contributed by atoms with van der Waals surface area (Å²) in [6.45, 7) is 1.95. The Morgan fingerprint density at radius 3 is 3.44 bits per heavy atom. The summed E-state index contributed by atoms with van der Waals surface area (Å²) in [5, 5.41) is 0. The highest BCUT2D eigenvalue weighted by molar-refractivity contribution is 5.13. The van der Waals surface area contributed by atoms with Crippen molar-refractivity contribution in [1.82, 2.24) is 0 Å². The van der Waals surface area contributed by atoms with E-state index in [0.717, 1.165) is 19.1 Å². The van der Waals surface area contributed by atoms with Gasteiger partial charge < -0.3 is 4.74 Å². The van der Waals surface area contributed by atoms with Crippen LogP contribution in [0.5, 0.6) is 0 Å². The van der Waals surface area contributed by atoms with Crippen LogP contribution in [-0.2, 0) is 4.74 Å². The molecule has 1 aliphatic carbocycles. The second kappa shape index (κ2) is 2.14. The highest BCUT2D eigenvalue weighted by atomic mass is 16.5. The average Bonchev–Trinajstić information content (AvgIpc) is 2.33. The molecule has 0 aromatic rings. The molecule has 9 heavy (non-hydrogen) atoms.